The summed E-state index contributed by atoms with van der Waals surface area (Å²) in [6, 6.07) is 1.13. The smallest absolute Gasteiger partial charge is 0.174 e. The second-order valence-electron chi connectivity index (χ2n) is 7.01. The lowest BCUT2D eigenvalue weighted by Gasteiger charge is -2.24. The Labute approximate surface area is 137 Å². The van der Waals surface area contributed by atoms with Crippen molar-refractivity contribution < 1.29 is 0 Å². The Kier molecular flexibility index (Phi) is 8.46. The zero-order valence-electron chi connectivity index (χ0n) is 14.5. The van der Waals surface area contributed by atoms with Gasteiger partial charge in [-0.1, -0.05) is 64.2 Å². The highest BCUT2D eigenvalue weighted by molar-refractivity contribution is 5.98. The summed E-state index contributed by atoms with van der Waals surface area (Å²) in [5, 5.41) is 3.67. The minimum Gasteiger partial charge on any atom is -0.361 e. The van der Waals surface area contributed by atoms with Crippen LogP contribution in [-0.2, 0) is 0 Å². The zero-order valence-corrected chi connectivity index (χ0v) is 14.5. The first-order valence-electron chi connectivity index (χ1n) is 9.71. The van der Waals surface area contributed by atoms with Crippen molar-refractivity contribution in [1.82, 2.24) is 5.32 Å². The second kappa shape index (κ2) is 10.7. The van der Waals surface area contributed by atoms with Gasteiger partial charge in [0.1, 0.15) is 0 Å². The van der Waals surface area contributed by atoms with E-state index in [0.29, 0.717) is 12.1 Å². The van der Waals surface area contributed by atoms with Gasteiger partial charge < -0.3 is 5.32 Å². The predicted octanol–water partition coefficient (Wildman–Crippen LogP) is 5.22. The summed E-state index contributed by atoms with van der Waals surface area (Å²) in [5.41, 5.74) is 0. The summed E-state index contributed by atoms with van der Waals surface area (Å²) in [6.07, 6.45) is 18.1. The van der Waals surface area contributed by atoms with Crippen LogP contribution in [0.2, 0.25) is 0 Å². The maximum absolute atomic E-state index is 4.98. The van der Waals surface area contributed by atoms with Gasteiger partial charge >= 0.3 is 0 Å². The van der Waals surface area contributed by atoms with E-state index >= 15 is 0 Å². The second-order valence-corrected chi connectivity index (χ2v) is 7.01. The molecule has 2 aliphatic carbocycles. The minimum absolute atomic E-state index is 0.518. The molecule has 0 aromatic carbocycles. The van der Waals surface area contributed by atoms with Gasteiger partial charge in [-0.05, 0) is 38.0 Å². The van der Waals surface area contributed by atoms with E-state index < -0.39 is 0 Å². The first-order valence-corrected chi connectivity index (χ1v) is 9.71. The molecule has 0 bridgehead atoms. The molecule has 2 nitrogen and oxygen atoms in total. The molecular weight excluding hydrogens is 268 g/mol. The molecule has 0 saturated heterocycles. The van der Waals surface area contributed by atoms with Crippen molar-refractivity contribution in [3.8, 4) is 11.8 Å². The topological polar surface area (TPSA) is 24.4 Å². The highest BCUT2D eigenvalue weighted by Crippen LogP contribution is 2.21. The lowest BCUT2D eigenvalue weighted by Crippen LogP contribution is -2.36. The highest BCUT2D eigenvalue weighted by atomic mass is 15.0. The number of aliphatic imine (C=N–C) groups is 1. The molecule has 2 fully saturated rings. The summed E-state index contributed by atoms with van der Waals surface area (Å²) < 4.78 is 0. The van der Waals surface area contributed by atoms with Crippen LogP contribution in [0.5, 0.6) is 0 Å². The van der Waals surface area contributed by atoms with Crippen molar-refractivity contribution in [2.45, 2.75) is 109 Å². The number of rotatable bonds is 5. The zero-order chi connectivity index (χ0) is 15.5. The average Bonchev–Trinajstić information content (AvgIpc) is 2.56. The Bertz CT molecular complexity index is 376. The Morgan fingerprint density at radius 2 is 1.64 bits per heavy atom. The van der Waals surface area contributed by atoms with E-state index in [1.165, 1.54) is 83.5 Å². The van der Waals surface area contributed by atoms with E-state index in [1.54, 1.807) is 0 Å². The quantitative estimate of drug-likeness (QED) is 0.320. The minimum atomic E-state index is 0.518. The fourth-order valence-corrected chi connectivity index (χ4v) is 3.55. The molecule has 2 rings (SSSR count). The first kappa shape index (κ1) is 17.4. The number of nitrogens with one attached hydrogen (secondary N) is 1. The van der Waals surface area contributed by atoms with Crippen LogP contribution in [0.15, 0.2) is 4.99 Å². The van der Waals surface area contributed by atoms with Crippen LogP contribution < -0.4 is 5.32 Å². The van der Waals surface area contributed by atoms with Crippen LogP contribution in [0.3, 0.4) is 0 Å². The van der Waals surface area contributed by atoms with Crippen LogP contribution in [0.1, 0.15) is 96.8 Å². The van der Waals surface area contributed by atoms with Crippen LogP contribution in [0, 0.1) is 11.8 Å². The van der Waals surface area contributed by atoms with Crippen molar-refractivity contribution in [3.63, 3.8) is 0 Å². The third-order valence-electron chi connectivity index (χ3n) is 4.94. The predicted molar refractivity (Wildman–Crippen MR) is 96.2 cm³/mol. The normalized spacial score (nSPS) is 21.2. The molecule has 0 radical (unpaired) electrons. The number of unbranched alkanes of at least 4 members (excludes halogenated alkanes) is 3. The average molecular weight is 303 g/mol. The standard InChI is InChI=1S/C20H34N2/c1-2-3-4-5-12-17-20(21-18-13-8-6-9-14-18)22-19-15-10-7-11-16-19/h18-19H,2-11,13-16H2,1H3,(H,21,22). The van der Waals surface area contributed by atoms with Gasteiger partial charge in [-0.25, -0.2) is 0 Å². The van der Waals surface area contributed by atoms with Crippen LogP contribution in [0.25, 0.3) is 0 Å². The Balaban J connectivity index is 1.90. The monoisotopic (exact) mass is 302 g/mol. The summed E-state index contributed by atoms with van der Waals surface area (Å²) >= 11 is 0. The van der Waals surface area contributed by atoms with Crippen molar-refractivity contribution in [2.24, 2.45) is 4.99 Å². The SMILES string of the molecule is CCCCCC#CC(=NC1CCCCC1)NC1CCCCC1. The fraction of sp³-hybridized carbons (Fsp3) is 0.850. The number of hydrogen-bond donors (Lipinski definition) is 1. The van der Waals surface area contributed by atoms with Gasteiger partial charge in [0.15, 0.2) is 5.84 Å². The summed E-state index contributed by atoms with van der Waals surface area (Å²) in [7, 11) is 0. The van der Waals surface area contributed by atoms with Gasteiger partial charge in [0.25, 0.3) is 0 Å². The maximum Gasteiger partial charge on any atom is 0.174 e. The molecule has 0 aromatic rings. The third kappa shape index (κ3) is 6.86. The van der Waals surface area contributed by atoms with E-state index in [4.69, 9.17) is 4.99 Å². The van der Waals surface area contributed by atoms with E-state index in [9.17, 15) is 0 Å². The maximum atomic E-state index is 4.98. The third-order valence-corrected chi connectivity index (χ3v) is 4.94. The molecule has 22 heavy (non-hydrogen) atoms. The Morgan fingerprint density at radius 3 is 2.32 bits per heavy atom. The molecule has 0 aliphatic heterocycles. The number of hydrogen-bond acceptors (Lipinski definition) is 1. The van der Waals surface area contributed by atoms with Crippen LogP contribution in [-0.4, -0.2) is 17.9 Å². The van der Waals surface area contributed by atoms with Gasteiger partial charge in [0, 0.05) is 12.5 Å². The lowest BCUT2D eigenvalue weighted by molar-refractivity contribution is 0.409. The van der Waals surface area contributed by atoms with Crippen LogP contribution in [0.4, 0.5) is 0 Å². The lowest BCUT2D eigenvalue weighted by atomic mass is 9.95. The molecule has 2 heteroatoms. The van der Waals surface area contributed by atoms with E-state index in [0.717, 1.165) is 12.3 Å². The van der Waals surface area contributed by atoms with Gasteiger partial charge in [0.05, 0.1) is 6.04 Å². The van der Waals surface area contributed by atoms with E-state index in [2.05, 4.69) is 24.1 Å². The molecule has 124 valence electrons. The molecule has 1 N–H and O–H groups in total. The van der Waals surface area contributed by atoms with Crippen molar-refractivity contribution in [2.75, 3.05) is 0 Å². The van der Waals surface area contributed by atoms with Crippen molar-refractivity contribution in [3.05, 3.63) is 0 Å². The Hall–Kier alpha value is -0.970. The molecule has 0 amide bonds. The number of amidine groups is 1. The Morgan fingerprint density at radius 1 is 0.955 bits per heavy atom. The molecule has 0 unspecified atom stereocenters. The molecule has 0 aromatic heterocycles. The van der Waals surface area contributed by atoms with E-state index in [-0.39, 0.29) is 0 Å². The van der Waals surface area contributed by atoms with Gasteiger partial charge in [-0.15, -0.1) is 0 Å². The van der Waals surface area contributed by atoms with Gasteiger partial charge in [-0.2, -0.15) is 0 Å². The molecule has 2 aliphatic rings. The van der Waals surface area contributed by atoms with E-state index in [1.807, 2.05) is 0 Å². The van der Waals surface area contributed by atoms with Gasteiger partial charge in [0.2, 0.25) is 0 Å². The fourth-order valence-electron chi connectivity index (χ4n) is 3.55. The summed E-state index contributed by atoms with van der Waals surface area (Å²) in [4.78, 5) is 4.98. The number of nitrogens with zero attached hydrogens (tertiary/aromatic N) is 1. The highest BCUT2D eigenvalue weighted by Gasteiger charge is 2.16. The molecule has 0 heterocycles. The largest absolute Gasteiger partial charge is 0.361 e. The molecular formula is C20H34N2. The molecule has 0 atom stereocenters. The summed E-state index contributed by atoms with van der Waals surface area (Å²) in [5.74, 6) is 7.71. The molecule has 2 saturated carbocycles. The van der Waals surface area contributed by atoms with Crippen molar-refractivity contribution in [1.29, 1.82) is 0 Å². The molecule has 0 spiro atoms. The van der Waals surface area contributed by atoms with Crippen LogP contribution >= 0.6 is 0 Å². The van der Waals surface area contributed by atoms with Crippen molar-refractivity contribution >= 4 is 5.84 Å². The van der Waals surface area contributed by atoms with Gasteiger partial charge in [-0.3, -0.25) is 4.99 Å². The first-order chi connectivity index (χ1) is 10.9. The summed E-state index contributed by atoms with van der Waals surface area (Å²) in [6.45, 7) is 2.24.